The Morgan fingerprint density at radius 3 is 2.76 bits per heavy atom. The van der Waals surface area contributed by atoms with Crippen molar-refractivity contribution in [2.45, 2.75) is 13.3 Å². The first kappa shape index (κ1) is 11.9. The van der Waals surface area contributed by atoms with Crippen molar-refractivity contribution in [3.05, 3.63) is 28.8 Å². The van der Waals surface area contributed by atoms with Crippen LogP contribution in [0, 0.1) is 12.8 Å². The molecule has 2 rings (SSSR count). The fourth-order valence-electron chi connectivity index (χ4n) is 2.03. The third-order valence-corrected chi connectivity index (χ3v) is 3.16. The minimum Gasteiger partial charge on any atom is -0.481 e. The molecular weight excluding hydrogens is 242 g/mol. The molecule has 0 radical (unpaired) electrons. The molecule has 0 bridgehead atoms. The SMILES string of the molecule is Cc1cc(Cl)ccc1N1C[C@H](C(=O)O)CC1=O. The van der Waals surface area contributed by atoms with Gasteiger partial charge in [-0.25, -0.2) is 0 Å². The summed E-state index contributed by atoms with van der Waals surface area (Å²) in [5.41, 5.74) is 1.61. The third-order valence-electron chi connectivity index (χ3n) is 2.92. The van der Waals surface area contributed by atoms with E-state index in [0.717, 1.165) is 11.3 Å². The second-order valence-corrected chi connectivity index (χ2v) is 4.61. The summed E-state index contributed by atoms with van der Waals surface area (Å²) in [7, 11) is 0. The Bertz CT molecular complexity index is 487. The predicted molar refractivity (Wildman–Crippen MR) is 64.3 cm³/mol. The summed E-state index contributed by atoms with van der Waals surface area (Å²) in [4.78, 5) is 24.1. The van der Waals surface area contributed by atoms with Crippen molar-refractivity contribution < 1.29 is 14.7 Å². The fourth-order valence-corrected chi connectivity index (χ4v) is 2.25. The number of anilines is 1. The van der Waals surface area contributed by atoms with Gasteiger partial charge in [0, 0.05) is 23.7 Å². The van der Waals surface area contributed by atoms with E-state index in [2.05, 4.69) is 0 Å². The van der Waals surface area contributed by atoms with Crippen molar-refractivity contribution in [3.8, 4) is 0 Å². The van der Waals surface area contributed by atoms with Gasteiger partial charge in [0.05, 0.1) is 5.92 Å². The molecule has 17 heavy (non-hydrogen) atoms. The van der Waals surface area contributed by atoms with E-state index < -0.39 is 11.9 Å². The van der Waals surface area contributed by atoms with Crippen LogP contribution in [0.5, 0.6) is 0 Å². The van der Waals surface area contributed by atoms with Crippen LogP contribution in [-0.4, -0.2) is 23.5 Å². The largest absolute Gasteiger partial charge is 0.481 e. The number of amides is 1. The van der Waals surface area contributed by atoms with Gasteiger partial charge in [-0.2, -0.15) is 0 Å². The number of benzene rings is 1. The number of halogens is 1. The zero-order chi connectivity index (χ0) is 12.6. The molecule has 0 spiro atoms. The Kier molecular flexibility index (Phi) is 3.07. The Hall–Kier alpha value is -1.55. The highest BCUT2D eigenvalue weighted by Gasteiger charge is 2.35. The standard InChI is InChI=1S/C12H12ClNO3/c1-7-4-9(13)2-3-10(7)14-6-8(12(16)17)5-11(14)15/h2-4,8H,5-6H2,1H3,(H,16,17)/t8-/m1/s1. The first-order valence-electron chi connectivity index (χ1n) is 5.28. The molecule has 1 saturated heterocycles. The van der Waals surface area contributed by atoms with E-state index >= 15 is 0 Å². The normalized spacial score (nSPS) is 19.8. The van der Waals surface area contributed by atoms with Gasteiger partial charge in [-0.05, 0) is 30.7 Å². The molecule has 0 saturated carbocycles. The summed E-state index contributed by atoms with van der Waals surface area (Å²) in [5.74, 6) is -1.69. The first-order chi connectivity index (χ1) is 7.99. The lowest BCUT2D eigenvalue weighted by molar-refractivity contribution is -0.141. The van der Waals surface area contributed by atoms with Gasteiger partial charge in [0.25, 0.3) is 0 Å². The van der Waals surface area contributed by atoms with Crippen molar-refractivity contribution >= 4 is 29.2 Å². The van der Waals surface area contributed by atoms with Crippen LogP contribution in [0.25, 0.3) is 0 Å². The van der Waals surface area contributed by atoms with Gasteiger partial charge < -0.3 is 10.0 Å². The van der Waals surface area contributed by atoms with Crippen molar-refractivity contribution in [2.75, 3.05) is 11.4 Å². The Labute approximate surface area is 104 Å². The van der Waals surface area contributed by atoms with Crippen LogP contribution in [0.15, 0.2) is 18.2 Å². The molecule has 1 atom stereocenters. The van der Waals surface area contributed by atoms with Crippen LogP contribution in [0.2, 0.25) is 5.02 Å². The smallest absolute Gasteiger partial charge is 0.308 e. The number of carboxylic acid groups (broad SMARTS) is 1. The van der Waals surface area contributed by atoms with Crippen molar-refractivity contribution in [3.63, 3.8) is 0 Å². The van der Waals surface area contributed by atoms with Crippen molar-refractivity contribution in [1.82, 2.24) is 0 Å². The molecule has 0 unspecified atom stereocenters. The van der Waals surface area contributed by atoms with Crippen molar-refractivity contribution in [2.24, 2.45) is 5.92 Å². The lowest BCUT2D eigenvalue weighted by Gasteiger charge is -2.18. The maximum absolute atomic E-state index is 11.8. The molecule has 5 heteroatoms. The molecule has 1 aliphatic heterocycles. The van der Waals surface area contributed by atoms with E-state index in [4.69, 9.17) is 16.7 Å². The summed E-state index contributed by atoms with van der Waals surface area (Å²) in [6.07, 6.45) is 0.0669. The highest BCUT2D eigenvalue weighted by Crippen LogP contribution is 2.29. The number of nitrogens with zero attached hydrogens (tertiary/aromatic N) is 1. The Morgan fingerprint density at radius 1 is 1.53 bits per heavy atom. The highest BCUT2D eigenvalue weighted by molar-refractivity contribution is 6.30. The van der Waals surface area contributed by atoms with E-state index in [-0.39, 0.29) is 18.9 Å². The second kappa shape index (κ2) is 4.37. The first-order valence-corrected chi connectivity index (χ1v) is 5.66. The summed E-state index contributed by atoms with van der Waals surface area (Å²) in [6, 6.07) is 5.21. The molecule has 1 heterocycles. The van der Waals surface area contributed by atoms with Crippen LogP contribution < -0.4 is 4.90 Å². The average Bonchev–Trinajstić information content (AvgIpc) is 2.61. The van der Waals surface area contributed by atoms with Crippen LogP contribution in [0.4, 0.5) is 5.69 Å². The number of hydrogen-bond acceptors (Lipinski definition) is 2. The van der Waals surface area contributed by atoms with Gasteiger partial charge in [-0.15, -0.1) is 0 Å². The summed E-state index contributed by atoms with van der Waals surface area (Å²) in [5, 5.41) is 9.51. The van der Waals surface area contributed by atoms with Gasteiger partial charge in [0.1, 0.15) is 0 Å². The van der Waals surface area contributed by atoms with Crippen LogP contribution in [-0.2, 0) is 9.59 Å². The number of aryl methyl sites for hydroxylation is 1. The van der Waals surface area contributed by atoms with Crippen LogP contribution in [0.1, 0.15) is 12.0 Å². The minimum atomic E-state index is -0.924. The van der Waals surface area contributed by atoms with Crippen LogP contribution >= 0.6 is 11.6 Å². The summed E-state index contributed by atoms with van der Waals surface area (Å²) >= 11 is 5.84. The minimum absolute atomic E-state index is 0.0669. The quantitative estimate of drug-likeness (QED) is 0.878. The number of carbonyl (C=O) groups excluding carboxylic acids is 1. The second-order valence-electron chi connectivity index (χ2n) is 4.17. The van der Waals surface area contributed by atoms with Gasteiger partial charge in [-0.1, -0.05) is 11.6 Å². The molecular formula is C12H12ClNO3. The Balaban J connectivity index is 2.29. The van der Waals surface area contributed by atoms with Gasteiger partial charge in [0.2, 0.25) is 5.91 Å². The molecule has 0 aliphatic carbocycles. The topological polar surface area (TPSA) is 57.6 Å². The molecule has 1 amide bonds. The van der Waals surface area contributed by atoms with Gasteiger partial charge >= 0.3 is 5.97 Å². The zero-order valence-corrected chi connectivity index (χ0v) is 10.1. The summed E-state index contributed by atoms with van der Waals surface area (Å²) in [6.45, 7) is 2.08. The molecule has 4 nitrogen and oxygen atoms in total. The summed E-state index contributed by atoms with van der Waals surface area (Å²) < 4.78 is 0. The van der Waals surface area contributed by atoms with E-state index in [0.29, 0.717) is 5.02 Å². The number of carboxylic acids is 1. The number of carbonyl (C=O) groups is 2. The maximum atomic E-state index is 11.8. The van der Waals surface area contributed by atoms with E-state index in [1.807, 2.05) is 6.92 Å². The third kappa shape index (κ3) is 2.26. The lowest BCUT2D eigenvalue weighted by atomic mass is 10.1. The predicted octanol–water partition coefficient (Wildman–Crippen LogP) is 2.09. The van der Waals surface area contributed by atoms with Gasteiger partial charge in [0.15, 0.2) is 0 Å². The Morgan fingerprint density at radius 2 is 2.24 bits per heavy atom. The molecule has 1 aromatic rings. The maximum Gasteiger partial charge on any atom is 0.308 e. The average molecular weight is 254 g/mol. The number of hydrogen-bond donors (Lipinski definition) is 1. The fraction of sp³-hybridized carbons (Fsp3) is 0.333. The lowest BCUT2D eigenvalue weighted by Crippen LogP contribution is -2.26. The number of rotatable bonds is 2. The van der Waals surface area contributed by atoms with Crippen LogP contribution in [0.3, 0.4) is 0 Å². The number of aliphatic carboxylic acids is 1. The molecule has 1 fully saturated rings. The molecule has 1 aliphatic rings. The van der Waals surface area contributed by atoms with Gasteiger partial charge in [-0.3, -0.25) is 9.59 Å². The monoisotopic (exact) mass is 253 g/mol. The van der Waals surface area contributed by atoms with E-state index in [1.54, 1.807) is 18.2 Å². The molecule has 0 aromatic heterocycles. The molecule has 1 N–H and O–H groups in total. The highest BCUT2D eigenvalue weighted by atomic mass is 35.5. The molecule has 1 aromatic carbocycles. The zero-order valence-electron chi connectivity index (χ0n) is 9.31. The molecule has 90 valence electrons. The van der Waals surface area contributed by atoms with Crippen molar-refractivity contribution in [1.29, 1.82) is 0 Å². The van der Waals surface area contributed by atoms with E-state index in [9.17, 15) is 9.59 Å². The van der Waals surface area contributed by atoms with E-state index in [1.165, 1.54) is 4.90 Å².